The van der Waals surface area contributed by atoms with Crippen LogP contribution in [0.4, 0.5) is 19.7 Å². The average molecular weight is 807 g/mol. The summed E-state index contributed by atoms with van der Waals surface area (Å²) in [6.45, 7) is 22.3. The molecule has 1 saturated carbocycles. The zero-order valence-electron chi connectivity index (χ0n) is 36.4. The Hall–Kier alpha value is -4.22. The molecule has 0 radical (unpaired) electrons. The number of nitrogens with zero attached hydrogens (tertiary/aromatic N) is 4. The van der Waals surface area contributed by atoms with E-state index in [0.717, 1.165) is 49.1 Å². The second-order valence-electron chi connectivity index (χ2n) is 19.8. The predicted molar refractivity (Wildman–Crippen MR) is 223 cm³/mol. The number of piperidine rings is 1. The normalized spacial score (nSPS) is 22.5. The number of piperazine rings is 1. The van der Waals surface area contributed by atoms with E-state index in [1.165, 1.54) is 12.1 Å². The maximum Gasteiger partial charge on any atom is 0.410 e. The van der Waals surface area contributed by atoms with Crippen molar-refractivity contribution in [3.63, 3.8) is 0 Å². The molecule has 2 aromatic carbocycles. The number of benzene rings is 2. The number of amides is 3. The smallest absolute Gasteiger partial charge is 0.410 e. The van der Waals surface area contributed by atoms with E-state index in [2.05, 4.69) is 31.7 Å². The molecule has 4 aliphatic rings. The van der Waals surface area contributed by atoms with Crippen LogP contribution in [0.15, 0.2) is 36.4 Å². The van der Waals surface area contributed by atoms with Crippen molar-refractivity contribution in [3.05, 3.63) is 53.3 Å². The fourth-order valence-electron chi connectivity index (χ4n) is 8.70. The highest BCUT2D eigenvalue weighted by Gasteiger charge is 2.35. The molecular formula is C46H67FN4O7. The number of carbonyl (C=O) groups excluding carboxylic acids is 3. The maximum atomic E-state index is 14.9. The Bertz CT molecular complexity index is 1760. The third kappa shape index (κ3) is 11.5. The van der Waals surface area contributed by atoms with Gasteiger partial charge in [0.25, 0.3) is 5.91 Å². The second kappa shape index (κ2) is 17.6. The van der Waals surface area contributed by atoms with Gasteiger partial charge in [-0.3, -0.25) is 4.79 Å². The molecule has 0 aromatic heterocycles. The molecule has 3 amide bonds. The van der Waals surface area contributed by atoms with Gasteiger partial charge in [-0.1, -0.05) is 20.8 Å². The summed E-state index contributed by atoms with van der Waals surface area (Å²) in [5.74, 6) is 1.82. The van der Waals surface area contributed by atoms with Gasteiger partial charge in [0.05, 0.1) is 6.54 Å². The van der Waals surface area contributed by atoms with Gasteiger partial charge >= 0.3 is 12.2 Å². The van der Waals surface area contributed by atoms with Crippen LogP contribution in [-0.4, -0.2) is 109 Å². The summed E-state index contributed by atoms with van der Waals surface area (Å²) in [5.41, 5.74) is 1.59. The van der Waals surface area contributed by atoms with Crippen molar-refractivity contribution in [1.29, 1.82) is 0 Å². The number of halogens is 1. The number of rotatable bonds is 7. The van der Waals surface area contributed by atoms with Gasteiger partial charge in [-0.2, -0.15) is 0 Å². The molecule has 12 heteroatoms. The van der Waals surface area contributed by atoms with Crippen molar-refractivity contribution >= 4 is 23.8 Å². The zero-order chi connectivity index (χ0) is 42.0. The molecule has 1 atom stereocenters. The molecule has 4 fully saturated rings. The van der Waals surface area contributed by atoms with Crippen molar-refractivity contribution < 1.29 is 37.7 Å². The van der Waals surface area contributed by atoms with Crippen LogP contribution >= 0.6 is 0 Å². The number of hydrogen-bond acceptors (Lipinski definition) is 8. The van der Waals surface area contributed by atoms with E-state index in [0.29, 0.717) is 82.4 Å². The quantitative estimate of drug-likeness (QED) is 0.273. The standard InChI is InChI=1S/C46H67FN4O7/c1-44(2,3)33-13-10-31(11-14-33)39-26-32(12-15-40(39)56-37-18-21-51(30-37)43(54)58-46(7,8)9)41(52)49-19-16-36(17-20-49)55-38-28-34(47)27-35(29-38)48-22-24-50(25-23-48)42(53)57-45(4,5)6/h12,15,26-29,31,33,36-37H,10-11,13-14,16-25,30H2,1-9H3/t31?,33?,37-/m0/s1. The highest BCUT2D eigenvalue weighted by atomic mass is 19.1. The first-order chi connectivity index (χ1) is 27.2. The van der Waals surface area contributed by atoms with Crippen molar-refractivity contribution in [2.24, 2.45) is 11.3 Å². The largest absolute Gasteiger partial charge is 0.490 e. The van der Waals surface area contributed by atoms with Crippen LogP contribution in [0.5, 0.6) is 11.5 Å². The SMILES string of the molecule is CC(C)(C)OC(=O)N1CCN(c2cc(F)cc(OC3CCN(C(=O)c4ccc(O[C@H]5CCN(C(=O)OC(C)(C)C)C5)c(C5CCC(C(C)(C)C)CC5)c4)CC3)c2)CC1. The number of carbonyl (C=O) groups is 3. The molecule has 1 aliphatic carbocycles. The Balaban J connectivity index is 1.07. The van der Waals surface area contributed by atoms with E-state index in [4.69, 9.17) is 18.9 Å². The lowest BCUT2D eigenvalue weighted by atomic mass is 9.68. The molecule has 2 aromatic rings. The minimum absolute atomic E-state index is 0.00911. The van der Waals surface area contributed by atoms with Crippen molar-refractivity contribution in [2.75, 3.05) is 57.3 Å². The molecule has 3 saturated heterocycles. The molecule has 6 rings (SSSR count). The van der Waals surface area contributed by atoms with E-state index >= 15 is 0 Å². The predicted octanol–water partition coefficient (Wildman–Crippen LogP) is 9.27. The molecule has 0 bridgehead atoms. The van der Waals surface area contributed by atoms with Crippen molar-refractivity contribution in [1.82, 2.24) is 14.7 Å². The molecule has 3 heterocycles. The van der Waals surface area contributed by atoms with Crippen LogP contribution in [0, 0.1) is 17.2 Å². The van der Waals surface area contributed by atoms with E-state index in [-0.39, 0.29) is 47.5 Å². The van der Waals surface area contributed by atoms with Gasteiger partial charge in [-0.05, 0) is 114 Å². The first-order valence-corrected chi connectivity index (χ1v) is 21.5. The highest BCUT2D eigenvalue weighted by Crippen LogP contribution is 2.46. The monoisotopic (exact) mass is 806 g/mol. The third-order valence-corrected chi connectivity index (χ3v) is 11.9. The fourth-order valence-corrected chi connectivity index (χ4v) is 8.70. The summed E-state index contributed by atoms with van der Waals surface area (Å²) in [4.78, 5) is 46.8. The Morgan fingerprint density at radius 3 is 1.81 bits per heavy atom. The molecule has 320 valence electrons. The Morgan fingerprint density at radius 1 is 0.621 bits per heavy atom. The average Bonchev–Trinajstić information content (AvgIpc) is 3.62. The van der Waals surface area contributed by atoms with Crippen LogP contribution in [0.1, 0.15) is 129 Å². The molecule has 0 spiro atoms. The molecule has 11 nitrogen and oxygen atoms in total. The Kier molecular flexibility index (Phi) is 13.1. The van der Waals surface area contributed by atoms with Gasteiger partial charge < -0.3 is 38.5 Å². The third-order valence-electron chi connectivity index (χ3n) is 11.9. The van der Waals surface area contributed by atoms with Gasteiger partial charge in [-0.25, -0.2) is 14.0 Å². The van der Waals surface area contributed by atoms with E-state index < -0.39 is 11.2 Å². The van der Waals surface area contributed by atoms with Crippen LogP contribution in [-0.2, 0) is 9.47 Å². The number of likely N-dealkylation sites (tertiary alicyclic amines) is 2. The molecule has 0 unspecified atom stereocenters. The van der Waals surface area contributed by atoms with E-state index in [1.807, 2.05) is 64.6 Å². The zero-order valence-corrected chi connectivity index (χ0v) is 36.4. The first kappa shape index (κ1) is 43.4. The minimum atomic E-state index is -0.561. The molecular weight excluding hydrogens is 740 g/mol. The van der Waals surface area contributed by atoms with Gasteiger partial charge in [-0.15, -0.1) is 0 Å². The fraction of sp³-hybridized carbons (Fsp3) is 0.674. The minimum Gasteiger partial charge on any atom is -0.490 e. The summed E-state index contributed by atoms with van der Waals surface area (Å²) in [6.07, 6.45) is 5.37. The van der Waals surface area contributed by atoms with Crippen LogP contribution in [0.25, 0.3) is 0 Å². The van der Waals surface area contributed by atoms with Crippen LogP contribution < -0.4 is 14.4 Å². The van der Waals surface area contributed by atoms with Crippen molar-refractivity contribution in [3.8, 4) is 11.5 Å². The lowest BCUT2D eigenvalue weighted by molar-refractivity contribution is 0.0237. The summed E-state index contributed by atoms with van der Waals surface area (Å²) in [7, 11) is 0. The van der Waals surface area contributed by atoms with Gasteiger partial charge in [0.15, 0.2) is 0 Å². The van der Waals surface area contributed by atoms with E-state index in [1.54, 1.807) is 9.80 Å². The Morgan fingerprint density at radius 2 is 1.21 bits per heavy atom. The number of anilines is 1. The summed E-state index contributed by atoms with van der Waals surface area (Å²) >= 11 is 0. The highest BCUT2D eigenvalue weighted by molar-refractivity contribution is 5.94. The lowest BCUT2D eigenvalue weighted by Gasteiger charge is -2.37. The van der Waals surface area contributed by atoms with Crippen LogP contribution in [0.2, 0.25) is 0 Å². The summed E-state index contributed by atoms with van der Waals surface area (Å²) in [6, 6.07) is 10.7. The number of hydrogen-bond donors (Lipinski definition) is 0. The van der Waals surface area contributed by atoms with Gasteiger partial charge in [0.1, 0.15) is 40.7 Å². The topological polar surface area (TPSA) is 101 Å². The Labute approximate surface area is 345 Å². The van der Waals surface area contributed by atoms with Gasteiger partial charge in [0, 0.05) is 88.5 Å². The number of ether oxygens (including phenoxy) is 4. The lowest BCUT2D eigenvalue weighted by Crippen LogP contribution is -2.50. The first-order valence-electron chi connectivity index (χ1n) is 21.5. The summed E-state index contributed by atoms with van der Waals surface area (Å²) < 4.78 is 39.0. The summed E-state index contributed by atoms with van der Waals surface area (Å²) in [5, 5.41) is 0. The van der Waals surface area contributed by atoms with E-state index in [9.17, 15) is 18.8 Å². The second-order valence-corrected chi connectivity index (χ2v) is 19.8. The molecule has 3 aliphatic heterocycles. The molecule has 0 N–H and O–H groups in total. The maximum absolute atomic E-state index is 14.9. The van der Waals surface area contributed by atoms with Gasteiger partial charge in [0.2, 0.25) is 0 Å². The van der Waals surface area contributed by atoms with Crippen molar-refractivity contribution in [2.45, 2.75) is 137 Å². The van der Waals surface area contributed by atoms with Crippen LogP contribution in [0.3, 0.4) is 0 Å². The molecule has 58 heavy (non-hydrogen) atoms.